The minimum atomic E-state index is -0.655. The number of hydrogen-bond acceptors (Lipinski definition) is 3. The fraction of sp³-hybridized carbons (Fsp3) is 0.643. The van der Waals surface area contributed by atoms with Crippen molar-refractivity contribution >= 4 is 12.2 Å². The fourth-order valence-electron chi connectivity index (χ4n) is 2.06. The van der Waals surface area contributed by atoms with Gasteiger partial charge in [-0.25, -0.2) is 14.2 Å². The molecular weight excluding hydrogens is 259 g/mol. The second kappa shape index (κ2) is 8.45. The molecule has 0 spiro atoms. The molecule has 0 bridgehead atoms. The number of nitrogens with zero attached hydrogens (tertiary/aromatic N) is 3. The first-order valence-corrected chi connectivity index (χ1v) is 6.98. The van der Waals surface area contributed by atoms with Crippen LogP contribution in [0.25, 0.3) is 0 Å². The lowest BCUT2D eigenvalue weighted by molar-refractivity contribution is 0.531. The summed E-state index contributed by atoms with van der Waals surface area (Å²) in [5.74, 6) is 0.325. The van der Waals surface area contributed by atoms with E-state index in [1.54, 1.807) is 19.0 Å². The molecule has 1 aromatic heterocycles. The molecule has 1 N–H and O–H groups in total. The molecule has 0 aliphatic heterocycles. The van der Waals surface area contributed by atoms with Crippen molar-refractivity contribution in [2.75, 3.05) is 14.1 Å². The topological polar surface area (TPSA) is 61.4 Å². The van der Waals surface area contributed by atoms with Crippen molar-refractivity contribution in [1.29, 1.82) is 0 Å². The molecule has 20 heavy (non-hydrogen) atoms. The van der Waals surface area contributed by atoms with Crippen LogP contribution < -0.4 is 5.69 Å². The summed E-state index contributed by atoms with van der Waals surface area (Å²) in [6.45, 7) is 2.30. The van der Waals surface area contributed by atoms with Crippen molar-refractivity contribution in [2.45, 2.75) is 39.0 Å². The molecule has 1 saturated carbocycles. The Balaban J connectivity index is 0.000000240. The van der Waals surface area contributed by atoms with E-state index in [0.29, 0.717) is 0 Å². The van der Waals surface area contributed by atoms with Gasteiger partial charge in [-0.15, -0.1) is 0 Å². The molecule has 0 amide bonds. The first kappa shape index (κ1) is 16.3. The predicted octanol–water partition coefficient (Wildman–Crippen LogP) is 2.72. The Bertz CT molecular complexity index is 478. The van der Waals surface area contributed by atoms with Crippen LogP contribution in [0.1, 0.15) is 39.0 Å². The van der Waals surface area contributed by atoms with Gasteiger partial charge < -0.3 is 4.90 Å². The smallest absolute Gasteiger partial charge is 0.346 e. The van der Waals surface area contributed by atoms with Gasteiger partial charge in [0.1, 0.15) is 0 Å². The Morgan fingerprint density at radius 2 is 2.15 bits per heavy atom. The SMILES string of the molecule is CCC1CCCC1.CN(C)/C=N/c1[nH]c(=O)ncc1F. The maximum atomic E-state index is 12.9. The van der Waals surface area contributed by atoms with Gasteiger partial charge in [0.05, 0.1) is 12.5 Å². The van der Waals surface area contributed by atoms with E-state index in [-0.39, 0.29) is 5.82 Å². The van der Waals surface area contributed by atoms with Gasteiger partial charge in [-0.2, -0.15) is 4.98 Å². The highest BCUT2D eigenvalue weighted by Gasteiger charge is 2.11. The Morgan fingerprint density at radius 3 is 2.65 bits per heavy atom. The lowest BCUT2D eigenvalue weighted by Gasteiger charge is -2.01. The average Bonchev–Trinajstić information content (AvgIpc) is 2.94. The minimum Gasteiger partial charge on any atom is -0.369 e. The molecule has 5 nitrogen and oxygen atoms in total. The highest BCUT2D eigenvalue weighted by atomic mass is 19.1. The van der Waals surface area contributed by atoms with Crippen molar-refractivity contribution in [3.63, 3.8) is 0 Å². The zero-order valence-corrected chi connectivity index (χ0v) is 12.4. The maximum absolute atomic E-state index is 12.9. The molecule has 1 aromatic rings. The van der Waals surface area contributed by atoms with Crippen LogP contribution in [0.4, 0.5) is 10.2 Å². The number of H-pyrrole nitrogens is 1. The highest BCUT2D eigenvalue weighted by Crippen LogP contribution is 2.26. The van der Waals surface area contributed by atoms with Crippen molar-refractivity contribution in [2.24, 2.45) is 10.9 Å². The predicted molar refractivity (Wildman–Crippen MR) is 78.9 cm³/mol. The lowest BCUT2D eigenvalue weighted by Crippen LogP contribution is -2.11. The Kier molecular flexibility index (Phi) is 6.90. The van der Waals surface area contributed by atoms with Gasteiger partial charge in [0.2, 0.25) is 0 Å². The summed E-state index contributed by atoms with van der Waals surface area (Å²) in [6.07, 6.45) is 9.65. The third-order valence-electron chi connectivity index (χ3n) is 3.22. The number of aliphatic imine (C=N–C) groups is 1. The molecule has 112 valence electrons. The molecule has 0 atom stereocenters. The molecular formula is C14H23FN4O. The van der Waals surface area contributed by atoms with Crippen LogP contribution in [0.15, 0.2) is 16.0 Å². The number of rotatable bonds is 3. The van der Waals surface area contributed by atoms with Crippen molar-refractivity contribution in [3.8, 4) is 0 Å². The van der Waals surface area contributed by atoms with Gasteiger partial charge in [-0.05, 0) is 5.92 Å². The number of halogens is 1. The zero-order chi connectivity index (χ0) is 15.0. The average molecular weight is 282 g/mol. The van der Waals surface area contributed by atoms with E-state index in [4.69, 9.17) is 0 Å². The van der Waals surface area contributed by atoms with Crippen LogP contribution in [0.2, 0.25) is 0 Å². The lowest BCUT2D eigenvalue weighted by atomic mass is 10.1. The molecule has 1 heterocycles. The van der Waals surface area contributed by atoms with Crippen molar-refractivity contribution in [3.05, 3.63) is 22.5 Å². The van der Waals surface area contributed by atoms with E-state index in [1.165, 1.54) is 38.4 Å². The standard InChI is InChI=1S/C7H9FN4O.C7H14/c1-12(2)4-10-6-5(8)3-9-7(13)11-6;1-2-7-5-3-4-6-7/h3-4H,1-2H3,(H,9,11,13);7H,2-6H2,1H3/b10-4+;. The summed E-state index contributed by atoms with van der Waals surface area (Å²) in [5.41, 5.74) is -0.618. The molecule has 0 unspecified atom stereocenters. The Labute approximate surface area is 119 Å². The van der Waals surface area contributed by atoms with Gasteiger partial charge in [-0.1, -0.05) is 39.0 Å². The largest absolute Gasteiger partial charge is 0.369 e. The second-order valence-corrected chi connectivity index (χ2v) is 5.15. The summed E-state index contributed by atoms with van der Waals surface area (Å²) in [4.78, 5) is 21.3. The molecule has 0 saturated heterocycles. The maximum Gasteiger partial charge on any atom is 0.346 e. The molecule has 1 fully saturated rings. The van der Waals surface area contributed by atoms with Crippen molar-refractivity contribution < 1.29 is 4.39 Å². The van der Waals surface area contributed by atoms with E-state index in [1.807, 2.05) is 0 Å². The number of aromatic nitrogens is 2. The normalized spacial score (nSPS) is 15.2. The highest BCUT2D eigenvalue weighted by molar-refractivity contribution is 5.58. The van der Waals surface area contributed by atoms with Gasteiger partial charge in [0.15, 0.2) is 11.6 Å². The van der Waals surface area contributed by atoms with E-state index < -0.39 is 11.5 Å². The van der Waals surface area contributed by atoms with Gasteiger partial charge in [0.25, 0.3) is 0 Å². The van der Waals surface area contributed by atoms with E-state index >= 15 is 0 Å². The van der Waals surface area contributed by atoms with Gasteiger partial charge >= 0.3 is 5.69 Å². The molecule has 0 aromatic carbocycles. The minimum absolute atomic E-state index is 0.117. The number of aromatic amines is 1. The number of nitrogens with one attached hydrogen (secondary N) is 1. The van der Waals surface area contributed by atoms with Crippen LogP contribution in [0.3, 0.4) is 0 Å². The fourth-order valence-corrected chi connectivity index (χ4v) is 2.06. The zero-order valence-electron chi connectivity index (χ0n) is 12.4. The quantitative estimate of drug-likeness (QED) is 0.685. The van der Waals surface area contributed by atoms with Crippen LogP contribution in [0.5, 0.6) is 0 Å². The molecule has 6 heteroatoms. The summed E-state index contributed by atoms with van der Waals surface area (Å²) in [6, 6.07) is 0. The van der Waals surface area contributed by atoms with Crippen LogP contribution in [-0.4, -0.2) is 35.3 Å². The number of hydrogen-bond donors (Lipinski definition) is 1. The van der Waals surface area contributed by atoms with Crippen LogP contribution in [0, 0.1) is 11.7 Å². The van der Waals surface area contributed by atoms with E-state index in [0.717, 1.165) is 12.1 Å². The monoisotopic (exact) mass is 282 g/mol. The third-order valence-corrected chi connectivity index (χ3v) is 3.22. The van der Waals surface area contributed by atoms with E-state index in [9.17, 15) is 9.18 Å². The first-order chi connectivity index (χ1) is 9.52. The molecule has 1 aliphatic carbocycles. The Hall–Kier alpha value is -1.72. The Morgan fingerprint density at radius 1 is 1.50 bits per heavy atom. The third kappa shape index (κ3) is 5.95. The summed E-state index contributed by atoms with van der Waals surface area (Å²) < 4.78 is 12.9. The van der Waals surface area contributed by atoms with E-state index in [2.05, 4.69) is 21.9 Å². The summed E-state index contributed by atoms with van der Waals surface area (Å²) >= 11 is 0. The second-order valence-electron chi connectivity index (χ2n) is 5.15. The summed E-state index contributed by atoms with van der Waals surface area (Å²) in [7, 11) is 3.47. The van der Waals surface area contributed by atoms with Crippen molar-refractivity contribution in [1.82, 2.24) is 14.9 Å². The van der Waals surface area contributed by atoms with Gasteiger partial charge in [-0.3, -0.25) is 4.98 Å². The molecule has 0 radical (unpaired) electrons. The van der Waals surface area contributed by atoms with Gasteiger partial charge in [0, 0.05) is 14.1 Å². The molecule has 1 aliphatic rings. The van der Waals surface area contributed by atoms with Crippen LogP contribution in [-0.2, 0) is 0 Å². The first-order valence-electron chi connectivity index (χ1n) is 6.98. The van der Waals surface area contributed by atoms with Crippen LogP contribution >= 0.6 is 0 Å². The molecule has 2 rings (SSSR count). The summed E-state index contributed by atoms with van der Waals surface area (Å²) in [5, 5.41) is 0.